The lowest BCUT2D eigenvalue weighted by molar-refractivity contribution is -0.423. The molecule has 2 atom stereocenters. The Kier molecular flexibility index (Phi) is 7.48. The third-order valence-corrected chi connectivity index (χ3v) is 4.90. The van der Waals surface area contributed by atoms with Gasteiger partial charge >= 0.3 is 36.0 Å². The fourth-order valence-corrected chi connectivity index (χ4v) is 3.39. The monoisotopic (exact) mass is 502 g/mol. The molecule has 0 aromatic carbocycles. The molecule has 2 unspecified atom stereocenters. The highest BCUT2D eigenvalue weighted by Crippen LogP contribution is 2.59. The smallest absolute Gasteiger partial charge is 0.384 e. The molecule has 16 heteroatoms. The standard InChI is InChI=1S/C15H18F12O3Si/c1-28-8-5-7(30-31(2,3)4)6-29-9(8)11(18,19)13(22,23)15(26,27)14(24,25)12(20,21)10(16)17/h5,8-10H,6H2,1-4H3. The summed E-state index contributed by atoms with van der Waals surface area (Å²) in [6.07, 6.45) is -10.5. The summed E-state index contributed by atoms with van der Waals surface area (Å²) in [6.45, 7) is 3.87. The molecule has 0 fully saturated rings. The summed E-state index contributed by atoms with van der Waals surface area (Å²) in [6, 6.07) is 0. The van der Waals surface area contributed by atoms with Gasteiger partial charge in [-0.25, -0.2) is 8.78 Å². The van der Waals surface area contributed by atoms with E-state index < -0.39 is 63.2 Å². The largest absolute Gasteiger partial charge is 0.546 e. The lowest BCUT2D eigenvalue weighted by Gasteiger charge is -2.43. The maximum atomic E-state index is 14.3. The molecule has 0 saturated heterocycles. The van der Waals surface area contributed by atoms with Crippen LogP contribution in [0.4, 0.5) is 52.7 Å². The van der Waals surface area contributed by atoms with E-state index in [0.717, 1.165) is 0 Å². The lowest BCUT2D eigenvalue weighted by atomic mass is 9.89. The van der Waals surface area contributed by atoms with Crippen molar-refractivity contribution in [3.63, 3.8) is 0 Å². The van der Waals surface area contributed by atoms with Crippen LogP contribution in [0.15, 0.2) is 11.8 Å². The van der Waals surface area contributed by atoms with E-state index in [0.29, 0.717) is 13.2 Å². The highest BCUT2D eigenvalue weighted by Gasteiger charge is 2.89. The number of alkyl halides is 12. The molecule has 1 heterocycles. The lowest BCUT2D eigenvalue weighted by Crippen LogP contribution is -2.71. The van der Waals surface area contributed by atoms with Gasteiger partial charge in [0.2, 0.25) is 8.32 Å². The molecule has 0 spiro atoms. The molecule has 184 valence electrons. The van der Waals surface area contributed by atoms with Crippen LogP contribution in [0.25, 0.3) is 0 Å². The van der Waals surface area contributed by atoms with E-state index in [4.69, 9.17) is 4.43 Å². The SMILES string of the molecule is COC1C=C(O[Si](C)(C)C)COC1C(F)(F)C(F)(F)C(F)(F)C(F)(F)C(F)(F)C(F)F. The Balaban J connectivity index is 3.41. The third-order valence-electron chi connectivity index (χ3n) is 4.02. The van der Waals surface area contributed by atoms with E-state index in [1.165, 1.54) is 0 Å². The molecule has 0 N–H and O–H groups in total. The fraction of sp³-hybridized carbons (Fsp3) is 0.867. The number of hydrogen-bond donors (Lipinski definition) is 0. The van der Waals surface area contributed by atoms with Crippen LogP contribution >= 0.6 is 0 Å². The summed E-state index contributed by atoms with van der Waals surface area (Å²) in [7, 11) is -1.74. The van der Waals surface area contributed by atoms with E-state index in [-0.39, 0.29) is 5.76 Å². The second-order valence-electron chi connectivity index (χ2n) is 7.55. The van der Waals surface area contributed by atoms with Crippen molar-refractivity contribution in [1.29, 1.82) is 0 Å². The van der Waals surface area contributed by atoms with Gasteiger partial charge in [-0.15, -0.1) is 0 Å². The average Bonchev–Trinajstić information content (AvgIpc) is 2.59. The molecule has 0 aromatic rings. The minimum absolute atomic E-state index is 0.206. The van der Waals surface area contributed by atoms with Crippen molar-refractivity contribution in [2.75, 3.05) is 13.7 Å². The first-order valence-electron chi connectivity index (χ1n) is 8.29. The Morgan fingerprint density at radius 2 is 1.39 bits per heavy atom. The van der Waals surface area contributed by atoms with Gasteiger partial charge in [0.25, 0.3) is 0 Å². The van der Waals surface area contributed by atoms with Crippen LogP contribution in [0.3, 0.4) is 0 Å². The quantitative estimate of drug-likeness (QED) is 0.305. The Hall–Kier alpha value is -1.16. The molecule has 1 aliphatic heterocycles. The molecule has 31 heavy (non-hydrogen) atoms. The molecular weight excluding hydrogens is 484 g/mol. The molecule has 3 nitrogen and oxygen atoms in total. The molecule has 1 rings (SSSR count). The summed E-state index contributed by atoms with van der Waals surface area (Å²) < 4.78 is 175. The predicted molar refractivity (Wildman–Crippen MR) is 83.8 cm³/mol. The molecule has 0 amide bonds. The van der Waals surface area contributed by atoms with Crippen molar-refractivity contribution in [3.8, 4) is 0 Å². The van der Waals surface area contributed by atoms with Crippen molar-refractivity contribution in [1.82, 2.24) is 0 Å². The van der Waals surface area contributed by atoms with Crippen LogP contribution in [0.5, 0.6) is 0 Å². The topological polar surface area (TPSA) is 27.7 Å². The molecule has 0 radical (unpaired) electrons. The molecule has 0 bridgehead atoms. The van der Waals surface area contributed by atoms with Gasteiger partial charge in [-0.1, -0.05) is 0 Å². The first-order chi connectivity index (χ1) is 13.6. The van der Waals surface area contributed by atoms with Gasteiger partial charge in [0.1, 0.15) is 18.5 Å². The van der Waals surface area contributed by atoms with Gasteiger partial charge in [0.05, 0.1) is 0 Å². The van der Waals surface area contributed by atoms with E-state index in [2.05, 4.69) is 9.47 Å². The van der Waals surface area contributed by atoms with Crippen molar-refractivity contribution in [2.45, 2.75) is 67.9 Å². The number of halogens is 12. The first-order valence-corrected chi connectivity index (χ1v) is 11.7. The minimum atomic E-state index is -7.62. The number of rotatable bonds is 9. The van der Waals surface area contributed by atoms with Gasteiger partial charge in [-0.05, 0) is 25.7 Å². The fourth-order valence-electron chi connectivity index (χ4n) is 2.48. The maximum Gasteiger partial charge on any atom is 0.384 e. The Bertz CT molecular complexity index is 675. The minimum Gasteiger partial charge on any atom is -0.546 e. The van der Waals surface area contributed by atoms with Crippen LogP contribution < -0.4 is 0 Å². The summed E-state index contributed by atoms with van der Waals surface area (Å²) in [5.74, 6) is -36.0. The van der Waals surface area contributed by atoms with Gasteiger partial charge in [-0.2, -0.15) is 43.9 Å². The van der Waals surface area contributed by atoms with Crippen LogP contribution in [0.2, 0.25) is 19.6 Å². The predicted octanol–water partition coefficient (Wildman–Crippen LogP) is 5.58. The highest BCUT2D eigenvalue weighted by atomic mass is 28.4. The zero-order valence-corrected chi connectivity index (χ0v) is 17.3. The molecule has 0 aliphatic carbocycles. The van der Waals surface area contributed by atoms with Gasteiger partial charge in [0.15, 0.2) is 6.10 Å². The normalized spacial score (nSPS) is 22.5. The molecule has 1 aliphatic rings. The van der Waals surface area contributed by atoms with Crippen molar-refractivity contribution in [3.05, 3.63) is 11.8 Å². The summed E-state index contributed by atoms with van der Waals surface area (Å²) in [4.78, 5) is 0. The van der Waals surface area contributed by atoms with Gasteiger partial charge in [0, 0.05) is 7.11 Å². The number of hydrogen-bond acceptors (Lipinski definition) is 3. The van der Waals surface area contributed by atoms with Crippen LogP contribution in [-0.2, 0) is 13.9 Å². The molecule has 0 saturated carbocycles. The zero-order valence-electron chi connectivity index (χ0n) is 16.3. The molecular formula is C15H18F12O3Si. The van der Waals surface area contributed by atoms with E-state index in [9.17, 15) is 52.7 Å². The van der Waals surface area contributed by atoms with Crippen molar-refractivity contribution in [2.24, 2.45) is 0 Å². The van der Waals surface area contributed by atoms with Gasteiger partial charge < -0.3 is 13.9 Å². The average molecular weight is 502 g/mol. The second kappa shape index (κ2) is 8.32. The van der Waals surface area contributed by atoms with Crippen LogP contribution in [-0.4, -0.2) is 70.3 Å². The first kappa shape index (κ1) is 27.9. The third kappa shape index (κ3) is 4.65. The second-order valence-corrected chi connectivity index (χ2v) is 12.0. The summed E-state index contributed by atoms with van der Waals surface area (Å²) >= 11 is 0. The Morgan fingerprint density at radius 3 is 1.77 bits per heavy atom. The summed E-state index contributed by atoms with van der Waals surface area (Å²) in [5.41, 5.74) is 0. The van der Waals surface area contributed by atoms with Crippen molar-refractivity contribution >= 4 is 8.32 Å². The van der Waals surface area contributed by atoms with Crippen molar-refractivity contribution < 1.29 is 66.6 Å². The zero-order chi connectivity index (χ0) is 24.8. The van der Waals surface area contributed by atoms with E-state index in [1.807, 2.05) is 0 Å². The van der Waals surface area contributed by atoms with E-state index >= 15 is 0 Å². The Labute approximate surface area is 169 Å². The highest BCUT2D eigenvalue weighted by molar-refractivity contribution is 6.70. The number of methoxy groups -OCH3 is 1. The molecule has 0 aromatic heterocycles. The van der Waals surface area contributed by atoms with E-state index in [1.54, 1.807) is 19.6 Å². The number of ether oxygens (including phenoxy) is 2. The summed E-state index contributed by atoms with van der Waals surface area (Å²) in [5, 5.41) is 0. The maximum absolute atomic E-state index is 14.3. The van der Waals surface area contributed by atoms with Crippen LogP contribution in [0, 0.1) is 0 Å². The Morgan fingerprint density at radius 1 is 0.903 bits per heavy atom. The van der Waals surface area contributed by atoms with Gasteiger partial charge in [-0.3, -0.25) is 0 Å². The van der Waals surface area contributed by atoms with Crippen LogP contribution in [0.1, 0.15) is 0 Å².